The van der Waals surface area contributed by atoms with E-state index in [0.29, 0.717) is 24.5 Å². The smallest absolute Gasteiger partial charge is 0.270 e. The lowest BCUT2D eigenvalue weighted by atomic mass is 9.86. The molecule has 0 fully saturated rings. The van der Waals surface area contributed by atoms with Crippen LogP contribution in [0.3, 0.4) is 0 Å². The minimum Gasteiger partial charge on any atom is -0.350 e. The summed E-state index contributed by atoms with van der Waals surface area (Å²) in [7, 11) is 0. The van der Waals surface area contributed by atoms with Crippen LogP contribution in [-0.4, -0.2) is 22.4 Å². The van der Waals surface area contributed by atoms with Crippen LogP contribution in [0.5, 0.6) is 0 Å². The molecule has 3 rings (SSSR count). The Morgan fingerprint density at radius 2 is 1.76 bits per heavy atom. The number of aromatic nitrogens is 2. The van der Waals surface area contributed by atoms with Gasteiger partial charge in [-0.15, -0.1) is 0 Å². The van der Waals surface area contributed by atoms with Crippen molar-refractivity contribution in [3.8, 4) is 0 Å². The van der Waals surface area contributed by atoms with Gasteiger partial charge in [0, 0.05) is 18.4 Å². The fraction of sp³-hybridized carbons (Fsp3) is 0.261. The lowest BCUT2D eigenvalue weighted by Crippen LogP contribution is -2.27. The summed E-state index contributed by atoms with van der Waals surface area (Å²) >= 11 is 0. The number of carbonyl (C=O) groups is 1. The van der Waals surface area contributed by atoms with Gasteiger partial charge in [-0.25, -0.2) is 14.4 Å². The fourth-order valence-corrected chi connectivity index (χ4v) is 3.01. The number of anilines is 2. The van der Waals surface area contributed by atoms with Crippen molar-refractivity contribution >= 4 is 17.5 Å². The number of rotatable bonds is 6. The van der Waals surface area contributed by atoms with Crippen LogP contribution < -0.4 is 10.6 Å². The Morgan fingerprint density at radius 3 is 2.52 bits per heavy atom. The first-order valence-electron chi connectivity index (χ1n) is 9.56. The predicted molar refractivity (Wildman–Crippen MR) is 113 cm³/mol. The molecule has 150 valence electrons. The molecule has 0 bridgehead atoms. The molecule has 0 spiro atoms. The molecule has 1 heterocycles. The van der Waals surface area contributed by atoms with E-state index in [9.17, 15) is 9.18 Å². The molecular weight excluding hydrogens is 367 g/mol. The largest absolute Gasteiger partial charge is 0.350 e. The minimum absolute atomic E-state index is 0.0503. The van der Waals surface area contributed by atoms with Crippen molar-refractivity contribution < 1.29 is 9.18 Å². The maximum Gasteiger partial charge on any atom is 0.270 e. The number of carbonyl (C=O) groups excluding carboxylic acids is 1. The Kier molecular flexibility index (Phi) is 6.22. The number of nitrogens with one attached hydrogen (secondary N) is 2. The van der Waals surface area contributed by atoms with Gasteiger partial charge in [0.15, 0.2) is 0 Å². The van der Waals surface area contributed by atoms with Crippen LogP contribution in [0.2, 0.25) is 0 Å². The molecule has 1 aromatic heterocycles. The van der Waals surface area contributed by atoms with Gasteiger partial charge in [0.05, 0.1) is 0 Å². The molecule has 0 aliphatic carbocycles. The molecule has 5 nitrogen and oxygen atoms in total. The summed E-state index contributed by atoms with van der Waals surface area (Å²) in [6.07, 6.45) is 1.95. The zero-order valence-corrected chi connectivity index (χ0v) is 16.9. The van der Waals surface area contributed by atoms with Crippen molar-refractivity contribution in [2.45, 2.75) is 32.6 Å². The molecule has 0 aliphatic heterocycles. The average molecular weight is 392 g/mol. The van der Waals surface area contributed by atoms with Crippen LogP contribution in [0.25, 0.3) is 0 Å². The highest BCUT2D eigenvalue weighted by molar-refractivity contribution is 5.92. The van der Waals surface area contributed by atoms with Crippen LogP contribution in [0.15, 0.2) is 60.8 Å². The first-order valence-corrected chi connectivity index (χ1v) is 9.56. The zero-order valence-electron chi connectivity index (χ0n) is 16.9. The SMILES string of the molecule is CC(C)(C)c1ccccc1Nc1nccc(C(=O)NCCc2ccccc2F)n1. The molecule has 1 amide bonds. The van der Waals surface area contributed by atoms with E-state index >= 15 is 0 Å². The van der Waals surface area contributed by atoms with Crippen molar-refractivity contribution in [1.82, 2.24) is 15.3 Å². The highest BCUT2D eigenvalue weighted by atomic mass is 19.1. The van der Waals surface area contributed by atoms with E-state index in [4.69, 9.17) is 0 Å². The number of benzene rings is 2. The number of hydrogen-bond acceptors (Lipinski definition) is 4. The van der Waals surface area contributed by atoms with Gasteiger partial charge in [0.2, 0.25) is 5.95 Å². The summed E-state index contributed by atoms with van der Waals surface area (Å²) in [6.45, 7) is 6.72. The Morgan fingerprint density at radius 1 is 1.03 bits per heavy atom. The first-order chi connectivity index (χ1) is 13.8. The number of amides is 1. The average Bonchev–Trinajstić information content (AvgIpc) is 2.69. The van der Waals surface area contributed by atoms with Crippen LogP contribution in [0, 0.1) is 5.82 Å². The summed E-state index contributed by atoms with van der Waals surface area (Å²) < 4.78 is 13.7. The fourth-order valence-electron chi connectivity index (χ4n) is 3.01. The van der Waals surface area contributed by atoms with Crippen LogP contribution >= 0.6 is 0 Å². The van der Waals surface area contributed by atoms with Crippen molar-refractivity contribution in [3.63, 3.8) is 0 Å². The van der Waals surface area contributed by atoms with E-state index in [2.05, 4.69) is 47.4 Å². The quantitative estimate of drug-likeness (QED) is 0.642. The third kappa shape index (κ3) is 5.38. The van der Waals surface area contributed by atoms with Gasteiger partial charge >= 0.3 is 0 Å². The van der Waals surface area contributed by atoms with Gasteiger partial charge in [-0.05, 0) is 41.2 Å². The molecule has 3 aromatic rings. The highest BCUT2D eigenvalue weighted by Crippen LogP contribution is 2.30. The lowest BCUT2D eigenvalue weighted by molar-refractivity contribution is 0.0949. The Bertz CT molecular complexity index is 998. The zero-order chi connectivity index (χ0) is 20.9. The first kappa shape index (κ1) is 20.5. The van der Waals surface area contributed by atoms with Gasteiger partial charge in [-0.3, -0.25) is 4.79 Å². The maximum absolute atomic E-state index is 13.7. The van der Waals surface area contributed by atoms with Crippen molar-refractivity contribution in [2.24, 2.45) is 0 Å². The molecule has 2 aromatic carbocycles. The third-order valence-corrected chi connectivity index (χ3v) is 4.51. The van der Waals surface area contributed by atoms with E-state index in [1.165, 1.54) is 6.07 Å². The summed E-state index contributed by atoms with van der Waals surface area (Å²) in [4.78, 5) is 21.0. The minimum atomic E-state index is -0.323. The Hall–Kier alpha value is -3.28. The van der Waals surface area contributed by atoms with E-state index in [1.807, 2.05) is 18.2 Å². The second-order valence-corrected chi connectivity index (χ2v) is 7.78. The molecule has 6 heteroatoms. The van der Waals surface area contributed by atoms with Crippen molar-refractivity contribution in [2.75, 3.05) is 11.9 Å². The van der Waals surface area contributed by atoms with Crippen LogP contribution in [0.4, 0.5) is 16.0 Å². The maximum atomic E-state index is 13.7. The molecule has 0 saturated heterocycles. The van der Waals surface area contributed by atoms with Gasteiger partial charge in [-0.1, -0.05) is 57.2 Å². The van der Waals surface area contributed by atoms with E-state index < -0.39 is 0 Å². The Balaban J connectivity index is 1.67. The van der Waals surface area contributed by atoms with E-state index in [-0.39, 0.29) is 22.8 Å². The van der Waals surface area contributed by atoms with Crippen LogP contribution in [-0.2, 0) is 11.8 Å². The second kappa shape index (κ2) is 8.82. The second-order valence-electron chi connectivity index (χ2n) is 7.78. The monoisotopic (exact) mass is 392 g/mol. The van der Waals surface area contributed by atoms with Gasteiger partial charge < -0.3 is 10.6 Å². The normalized spacial score (nSPS) is 11.2. The standard InChI is InChI=1S/C23H25FN4O/c1-23(2,3)17-9-5-7-11-19(17)27-22-26-15-13-20(28-22)21(29)25-14-12-16-8-4-6-10-18(16)24/h4-11,13,15H,12,14H2,1-3H3,(H,25,29)(H,26,27,28). The number of halogens is 1. The predicted octanol–water partition coefficient (Wildman–Crippen LogP) is 4.63. The van der Waals surface area contributed by atoms with Gasteiger partial charge in [-0.2, -0.15) is 0 Å². The summed E-state index contributed by atoms with van der Waals surface area (Å²) in [5.74, 6) is -0.243. The van der Waals surface area contributed by atoms with Crippen molar-refractivity contribution in [1.29, 1.82) is 0 Å². The van der Waals surface area contributed by atoms with Gasteiger partial charge in [0.1, 0.15) is 11.5 Å². The molecular formula is C23H25FN4O. The van der Waals surface area contributed by atoms with Crippen LogP contribution in [0.1, 0.15) is 42.4 Å². The molecule has 2 N–H and O–H groups in total. The number of hydrogen-bond donors (Lipinski definition) is 2. The molecule has 0 unspecified atom stereocenters. The number of nitrogens with zero attached hydrogens (tertiary/aromatic N) is 2. The van der Waals surface area contributed by atoms with Gasteiger partial charge in [0.25, 0.3) is 5.91 Å². The Labute approximate surface area is 170 Å². The number of para-hydroxylation sites is 1. The molecule has 0 radical (unpaired) electrons. The third-order valence-electron chi connectivity index (χ3n) is 4.51. The summed E-state index contributed by atoms with van der Waals surface area (Å²) in [6, 6.07) is 16.0. The molecule has 0 saturated carbocycles. The molecule has 0 aliphatic rings. The topological polar surface area (TPSA) is 66.9 Å². The lowest BCUT2D eigenvalue weighted by Gasteiger charge is -2.23. The van der Waals surface area contributed by atoms with Crippen molar-refractivity contribution in [3.05, 3.63) is 83.4 Å². The van der Waals surface area contributed by atoms with E-state index in [1.54, 1.807) is 30.5 Å². The summed E-state index contributed by atoms with van der Waals surface area (Å²) in [5, 5.41) is 5.99. The van der Waals surface area contributed by atoms with E-state index in [0.717, 1.165) is 11.3 Å². The summed E-state index contributed by atoms with van der Waals surface area (Å²) in [5.41, 5.74) is 2.80. The highest BCUT2D eigenvalue weighted by Gasteiger charge is 2.18. The molecule has 29 heavy (non-hydrogen) atoms. The molecule has 0 atom stereocenters.